The second-order valence-corrected chi connectivity index (χ2v) is 3.00. The summed E-state index contributed by atoms with van der Waals surface area (Å²) in [6, 6.07) is 0. The smallest absolute Gasteiger partial charge is 0.267 e. The number of amides is 1. The topological polar surface area (TPSA) is 98.5 Å². The fourth-order valence-electron chi connectivity index (χ4n) is 0.837. The lowest BCUT2D eigenvalue weighted by Gasteiger charge is -1.96. The molecule has 0 aliphatic heterocycles. The molecule has 86 valence electrons. The van der Waals surface area contributed by atoms with Crippen LogP contribution in [-0.4, -0.2) is 17.4 Å². The number of nitrogens with two attached hydrogens (primary N) is 2. The number of carbonyl (C=O) groups excluding carboxylic acids is 2. The second kappa shape index (κ2) is 7.17. The molecule has 0 rings (SSSR count). The van der Waals surface area contributed by atoms with Crippen LogP contribution in [-0.2, 0) is 9.59 Å². The predicted molar refractivity (Wildman–Crippen MR) is 63.5 cm³/mol. The minimum absolute atomic E-state index is 0.0635. The largest absolute Gasteiger partial charge is 0.405 e. The van der Waals surface area contributed by atoms with Crippen molar-refractivity contribution in [1.29, 1.82) is 0 Å². The quantitative estimate of drug-likeness (QED) is 0.400. The molecule has 0 aliphatic carbocycles. The fraction of sp³-hybridized carbons (Fsp3) is 0.182. The van der Waals surface area contributed by atoms with E-state index in [-0.39, 0.29) is 11.5 Å². The zero-order chi connectivity index (χ0) is 12.6. The molecule has 0 saturated carbocycles. The molecule has 0 aromatic rings. The molecule has 0 fully saturated rings. The van der Waals surface area contributed by atoms with Gasteiger partial charge in [-0.3, -0.25) is 9.59 Å². The van der Waals surface area contributed by atoms with Gasteiger partial charge in [0.05, 0.1) is 0 Å². The minimum Gasteiger partial charge on any atom is -0.405 e. The van der Waals surface area contributed by atoms with Crippen molar-refractivity contribution in [3.05, 3.63) is 36.2 Å². The molecule has 1 amide bonds. The van der Waals surface area contributed by atoms with Crippen molar-refractivity contribution in [3.8, 4) is 0 Å². The van der Waals surface area contributed by atoms with E-state index in [1.165, 1.54) is 13.1 Å². The van der Waals surface area contributed by atoms with Crippen LogP contribution >= 0.6 is 0 Å². The Balaban J connectivity index is 4.93. The third-order valence-corrected chi connectivity index (χ3v) is 1.45. The first kappa shape index (κ1) is 13.8. The number of rotatable bonds is 5. The summed E-state index contributed by atoms with van der Waals surface area (Å²) in [5, 5.41) is 0. The maximum Gasteiger partial charge on any atom is 0.267 e. The molecule has 4 N–H and O–H groups in total. The average molecular weight is 221 g/mol. The summed E-state index contributed by atoms with van der Waals surface area (Å²) in [5.41, 5.74) is 10.7. The van der Waals surface area contributed by atoms with E-state index >= 15 is 0 Å². The molecule has 0 radical (unpaired) electrons. The van der Waals surface area contributed by atoms with Crippen LogP contribution in [0, 0.1) is 0 Å². The Morgan fingerprint density at radius 3 is 2.25 bits per heavy atom. The number of allylic oxidation sites excluding steroid dienone is 4. The highest BCUT2D eigenvalue weighted by Gasteiger charge is 2.03. The lowest BCUT2D eigenvalue weighted by molar-refractivity contribution is -0.116. The van der Waals surface area contributed by atoms with Crippen LogP contribution in [0.2, 0.25) is 0 Å². The molecule has 0 atom stereocenters. The second-order valence-electron chi connectivity index (χ2n) is 3.00. The number of hydrogen-bond acceptors (Lipinski definition) is 4. The number of primary amides is 1. The lowest BCUT2D eigenvalue weighted by Crippen LogP contribution is -2.14. The summed E-state index contributed by atoms with van der Waals surface area (Å²) in [6.07, 6.45) is 7.37. The molecule has 0 aliphatic rings. The van der Waals surface area contributed by atoms with Crippen molar-refractivity contribution in [2.75, 3.05) is 0 Å². The molecular formula is C11H15N3O2. The van der Waals surface area contributed by atoms with E-state index in [0.29, 0.717) is 5.71 Å². The van der Waals surface area contributed by atoms with Crippen molar-refractivity contribution >= 4 is 17.4 Å². The maximum absolute atomic E-state index is 10.9. The molecule has 0 unspecified atom stereocenters. The van der Waals surface area contributed by atoms with Gasteiger partial charge in [0.15, 0.2) is 5.78 Å². The zero-order valence-corrected chi connectivity index (χ0v) is 9.31. The highest BCUT2D eigenvalue weighted by molar-refractivity contribution is 6.03. The monoisotopic (exact) mass is 221 g/mol. The summed E-state index contributed by atoms with van der Waals surface area (Å²) in [5.74, 6) is -1.02. The van der Waals surface area contributed by atoms with Gasteiger partial charge in [0.25, 0.3) is 5.91 Å². The Kier molecular flexibility index (Phi) is 6.19. The Hall–Kier alpha value is -2.17. The van der Waals surface area contributed by atoms with Crippen molar-refractivity contribution in [2.45, 2.75) is 13.8 Å². The van der Waals surface area contributed by atoms with E-state index in [2.05, 4.69) is 4.99 Å². The van der Waals surface area contributed by atoms with Gasteiger partial charge in [0, 0.05) is 11.8 Å². The van der Waals surface area contributed by atoms with E-state index in [0.717, 1.165) is 6.08 Å². The van der Waals surface area contributed by atoms with Crippen molar-refractivity contribution < 1.29 is 9.59 Å². The molecule has 0 heterocycles. The van der Waals surface area contributed by atoms with E-state index in [4.69, 9.17) is 11.5 Å². The first-order valence-electron chi connectivity index (χ1n) is 4.59. The molecular weight excluding hydrogens is 206 g/mol. The standard InChI is InChI=1S/C11H15N3O2/c1-8(5-3-4-6-12)14-10(11(13)16)7-9(2)15/h3-7H,12H2,1-2H3,(H2,13,16)/b5-3-,6-4-,10-7-,14-8-. The summed E-state index contributed by atoms with van der Waals surface area (Å²) >= 11 is 0. The van der Waals surface area contributed by atoms with Gasteiger partial charge < -0.3 is 11.5 Å². The van der Waals surface area contributed by atoms with Crippen LogP contribution in [0.15, 0.2) is 41.2 Å². The third kappa shape index (κ3) is 6.31. The molecule has 0 aromatic heterocycles. The molecule has 0 saturated heterocycles. The molecule has 5 heteroatoms. The highest BCUT2D eigenvalue weighted by Crippen LogP contribution is 1.98. The predicted octanol–water partition coefficient (Wildman–Crippen LogP) is 0.434. The Morgan fingerprint density at radius 1 is 1.19 bits per heavy atom. The van der Waals surface area contributed by atoms with Crippen molar-refractivity contribution in [1.82, 2.24) is 0 Å². The van der Waals surface area contributed by atoms with Gasteiger partial charge in [-0.2, -0.15) is 0 Å². The average Bonchev–Trinajstić information content (AvgIpc) is 2.16. The van der Waals surface area contributed by atoms with Gasteiger partial charge in [0.1, 0.15) is 5.70 Å². The first-order valence-corrected chi connectivity index (χ1v) is 4.59. The molecule has 0 spiro atoms. The van der Waals surface area contributed by atoms with Gasteiger partial charge in [-0.05, 0) is 32.2 Å². The number of aliphatic imine (C=N–C) groups is 1. The lowest BCUT2D eigenvalue weighted by atomic mass is 10.3. The zero-order valence-electron chi connectivity index (χ0n) is 9.31. The van der Waals surface area contributed by atoms with Crippen LogP contribution < -0.4 is 11.5 Å². The molecule has 16 heavy (non-hydrogen) atoms. The van der Waals surface area contributed by atoms with Crippen LogP contribution in [0.3, 0.4) is 0 Å². The number of nitrogens with zero attached hydrogens (tertiary/aromatic N) is 1. The van der Waals surface area contributed by atoms with Gasteiger partial charge in [-0.1, -0.05) is 6.08 Å². The normalized spacial score (nSPS) is 13.6. The highest BCUT2D eigenvalue weighted by atomic mass is 16.1. The van der Waals surface area contributed by atoms with E-state index < -0.39 is 5.91 Å². The Labute approximate surface area is 94.2 Å². The van der Waals surface area contributed by atoms with E-state index in [1.807, 2.05) is 0 Å². The molecule has 0 aromatic carbocycles. The van der Waals surface area contributed by atoms with Crippen LogP contribution in [0.4, 0.5) is 0 Å². The maximum atomic E-state index is 10.9. The van der Waals surface area contributed by atoms with Crippen LogP contribution in [0.5, 0.6) is 0 Å². The summed E-state index contributed by atoms with van der Waals surface area (Å²) in [4.78, 5) is 25.6. The van der Waals surface area contributed by atoms with Gasteiger partial charge >= 0.3 is 0 Å². The number of hydrogen-bond donors (Lipinski definition) is 2. The van der Waals surface area contributed by atoms with Crippen molar-refractivity contribution in [2.24, 2.45) is 16.5 Å². The molecule has 0 bridgehead atoms. The Morgan fingerprint density at radius 2 is 1.81 bits per heavy atom. The Bertz CT molecular complexity index is 390. The van der Waals surface area contributed by atoms with Gasteiger partial charge in [-0.25, -0.2) is 4.99 Å². The van der Waals surface area contributed by atoms with E-state index in [9.17, 15) is 9.59 Å². The van der Waals surface area contributed by atoms with Crippen LogP contribution in [0.1, 0.15) is 13.8 Å². The SMILES string of the molecule is CC(=O)\C=C(/N=C(C)\C=C/C=C\N)C(N)=O. The van der Waals surface area contributed by atoms with Crippen LogP contribution in [0.25, 0.3) is 0 Å². The summed E-state index contributed by atoms with van der Waals surface area (Å²) in [6.45, 7) is 3.00. The van der Waals surface area contributed by atoms with Crippen molar-refractivity contribution in [3.63, 3.8) is 0 Å². The number of carbonyl (C=O) groups is 2. The summed E-state index contributed by atoms with van der Waals surface area (Å²) < 4.78 is 0. The van der Waals surface area contributed by atoms with Gasteiger partial charge in [0.2, 0.25) is 0 Å². The number of ketones is 1. The molecule has 5 nitrogen and oxygen atoms in total. The summed E-state index contributed by atoms with van der Waals surface area (Å²) in [7, 11) is 0. The van der Waals surface area contributed by atoms with Gasteiger partial charge in [-0.15, -0.1) is 0 Å². The third-order valence-electron chi connectivity index (χ3n) is 1.45. The van der Waals surface area contributed by atoms with E-state index in [1.54, 1.807) is 25.2 Å². The minimum atomic E-state index is -0.739. The fourth-order valence-corrected chi connectivity index (χ4v) is 0.837. The first-order chi connectivity index (χ1) is 7.47.